The van der Waals surface area contributed by atoms with Gasteiger partial charge in [-0.05, 0) is 43.7 Å². The van der Waals surface area contributed by atoms with Crippen LogP contribution in [0.1, 0.15) is 17.0 Å². The summed E-state index contributed by atoms with van der Waals surface area (Å²) in [6, 6.07) is 11.3. The van der Waals surface area contributed by atoms with Crippen LogP contribution in [0.25, 0.3) is 0 Å². The van der Waals surface area contributed by atoms with E-state index >= 15 is 0 Å². The number of thioether (sulfide) groups is 1. The molecular weight excluding hydrogens is 505 g/mol. The molecule has 3 rings (SSSR count). The molecule has 12 heteroatoms. The first-order valence-corrected chi connectivity index (χ1v) is 13.1. The van der Waals surface area contributed by atoms with Crippen molar-refractivity contribution in [1.29, 1.82) is 0 Å². The van der Waals surface area contributed by atoms with Gasteiger partial charge < -0.3 is 5.32 Å². The summed E-state index contributed by atoms with van der Waals surface area (Å²) in [5, 5.41) is 10.9. The minimum Gasteiger partial charge on any atom is -0.354 e. The molecule has 0 spiro atoms. The molecule has 2 N–H and O–H groups in total. The van der Waals surface area contributed by atoms with Crippen molar-refractivity contribution >= 4 is 50.9 Å². The van der Waals surface area contributed by atoms with Crippen molar-refractivity contribution < 1.29 is 13.2 Å². The minimum absolute atomic E-state index is 0.0785. The maximum absolute atomic E-state index is 13.3. The lowest BCUT2D eigenvalue weighted by Crippen LogP contribution is -2.41. The van der Waals surface area contributed by atoms with Crippen molar-refractivity contribution in [2.75, 3.05) is 18.8 Å². The topological polar surface area (TPSA) is 108 Å². The summed E-state index contributed by atoms with van der Waals surface area (Å²) >= 11 is 13.6. The first kappa shape index (κ1) is 25.5. The summed E-state index contributed by atoms with van der Waals surface area (Å²) in [4.78, 5) is 16.9. The van der Waals surface area contributed by atoms with E-state index in [0.29, 0.717) is 38.9 Å². The number of H-pyrrole nitrogens is 1. The van der Waals surface area contributed by atoms with Gasteiger partial charge >= 0.3 is 0 Å². The number of nitrogens with zero attached hydrogens (tertiary/aromatic N) is 3. The van der Waals surface area contributed by atoms with Crippen LogP contribution in [0.4, 0.5) is 0 Å². The number of sulfonamides is 1. The highest BCUT2D eigenvalue weighted by molar-refractivity contribution is 7.99. The number of hydrogen-bond acceptors (Lipinski definition) is 6. The average molecular weight is 528 g/mol. The molecule has 0 bridgehead atoms. The number of hydrogen-bond donors (Lipinski definition) is 2. The number of aryl methyl sites for hydroxylation is 2. The molecule has 0 fully saturated rings. The third-order valence-electron chi connectivity index (χ3n) is 4.57. The predicted molar refractivity (Wildman–Crippen MR) is 130 cm³/mol. The van der Waals surface area contributed by atoms with Gasteiger partial charge in [0.15, 0.2) is 0 Å². The summed E-state index contributed by atoms with van der Waals surface area (Å²) in [6.07, 6.45) is 0. The molecule has 0 saturated carbocycles. The molecule has 3 aromatic rings. The molecule has 1 amide bonds. The van der Waals surface area contributed by atoms with Gasteiger partial charge in [0.25, 0.3) is 0 Å². The Kier molecular flexibility index (Phi) is 8.77. The van der Waals surface area contributed by atoms with Gasteiger partial charge in [0.05, 0.1) is 11.4 Å². The third kappa shape index (κ3) is 7.18. The van der Waals surface area contributed by atoms with E-state index in [1.54, 1.807) is 31.2 Å². The highest BCUT2D eigenvalue weighted by Gasteiger charge is 2.27. The van der Waals surface area contributed by atoms with Crippen molar-refractivity contribution in [2.24, 2.45) is 0 Å². The van der Waals surface area contributed by atoms with E-state index in [1.165, 1.54) is 30.0 Å². The van der Waals surface area contributed by atoms with Crippen molar-refractivity contribution in [2.45, 2.75) is 30.4 Å². The van der Waals surface area contributed by atoms with E-state index in [-0.39, 0.29) is 18.0 Å². The van der Waals surface area contributed by atoms with E-state index in [9.17, 15) is 13.2 Å². The number of rotatable bonds is 10. The van der Waals surface area contributed by atoms with Crippen LogP contribution in [0.2, 0.25) is 10.0 Å². The average Bonchev–Trinajstić information content (AvgIpc) is 3.18. The monoisotopic (exact) mass is 527 g/mol. The molecule has 0 atom stereocenters. The van der Waals surface area contributed by atoms with Crippen LogP contribution in [0, 0.1) is 13.8 Å². The molecule has 0 unspecified atom stereocenters. The van der Waals surface area contributed by atoms with Gasteiger partial charge in [-0.15, -0.1) is 5.10 Å². The number of aromatic nitrogens is 3. The molecule has 0 radical (unpaired) electrons. The Morgan fingerprint density at radius 1 is 1.15 bits per heavy atom. The lowest BCUT2D eigenvalue weighted by atomic mass is 10.2. The number of nitrogens with one attached hydrogen (secondary N) is 2. The molecule has 1 aromatic heterocycles. The minimum atomic E-state index is -3.96. The summed E-state index contributed by atoms with van der Waals surface area (Å²) in [5.41, 5.74) is 1.47. The smallest absolute Gasteiger partial charge is 0.243 e. The fourth-order valence-corrected chi connectivity index (χ4v) is 5.40. The second kappa shape index (κ2) is 11.3. The van der Waals surface area contributed by atoms with Crippen molar-refractivity contribution in [1.82, 2.24) is 24.8 Å². The fourth-order valence-electron chi connectivity index (χ4n) is 2.86. The normalized spacial score (nSPS) is 11.7. The Labute approximate surface area is 207 Å². The second-order valence-corrected chi connectivity index (χ2v) is 11.1. The Hall–Kier alpha value is -2.11. The number of amides is 1. The summed E-state index contributed by atoms with van der Waals surface area (Å²) in [7, 11) is -3.96. The van der Waals surface area contributed by atoms with Crippen LogP contribution in [-0.2, 0) is 21.4 Å². The SMILES string of the molecule is Cc1ccc(S(=O)(=O)N(CC(=O)NCCSc2n[nH]c(C)n2)Cc2ccc(Cl)cc2Cl)cc1. The van der Waals surface area contributed by atoms with Gasteiger partial charge in [-0.1, -0.05) is 58.7 Å². The molecule has 1 heterocycles. The first-order valence-electron chi connectivity index (χ1n) is 9.94. The number of carbonyl (C=O) groups is 1. The summed E-state index contributed by atoms with van der Waals surface area (Å²) < 4.78 is 27.8. The number of aromatic amines is 1. The Morgan fingerprint density at radius 2 is 1.88 bits per heavy atom. The molecule has 0 aliphatic rings. The van der Waals surface area contributed by atoms with Crippen LogP contribution in [-0.4, -0.2) is 52.7 Å². The van der Waals surface area contributed by atoms with E-state index < -0.39 is 15.9 Å². The zero-order valence-corrected chi connectivity index (χ0v) is 21.2. The highest BCUT2D eigenvalue weighted by atomic mass is 35.5. The number of carbonyl (C=O) groups excluding carboxylic acids is 1. The molecule has 176 valence electrons. The molecule has 0 aliphatic carbocycles. The summed E-state index contributed by atoms with van der Waals surface area (Å²) in [5.74, 6) is 0.818. The van der Waals surface area contributed by atoms with Gasteiger partial charge in [-0.3, -0.25) is 9.89 Å². The fraction of sp³-hybridized carbons (Fsp3) is 0.286. The summed E-state index contributed by atoms with van der Waals surface area (Å²) in [6.45, 7) is 3.56. The largest absolute Gasteiger partial charge is 0.354 e. The molecule has 0 saturated heterocycles. The van der Waals surface area contributed by atoms with Crippen LogP contribution < -0.4 is 5.32 Å². The first-order chi connectivity index (χ1) is 15.6. The van der Waals surface area contributed by atoms with Crippen LogP contribution in [0.5, 0.6) is 0 Å². The number of halogens is 2. The maximum Gasteiger partial charge on any atom is 0.243 e. The van der Waals surface area contributed by atoms with Gasteiger partial charge in [-0.25, -0.2) is 13.4 Å². The lowest BCUT2D eigenvalue weighted by molar-refractivity contribution is -0.121. The van der Waals surface area contributed by atoms with Crippen LogP contribution in [0.15, 0.2) is 52.5 Å². The van der Waals surface area contributed by atoms with E-state index in [2.05, 4.69) is 20.5 Å². The zero-order valence-electron chi connectivity index (χ0n) is 18.0. The third-order valence-corrected chi connectivity index (χ3v) is 7.81. The zero-order chi connectivity index (χ0) is 24.0. The van der Waals surface area contributed by atoms with E-state index in [0.717, 1.165) is 9.87 Å². The molecular formula is C21H23Cl2N5O3S2. The maximum atomic E-state index is 13.3. The molecule has 0 aliphatic heterocycles. The molecule has 2 aromatic carbocycles. The Balaban J connectivity index is 1.71. The highest BCUT2D eigenvalue weighted by Crippen LogP contribution is 2.25. The van der Waals surface area contributed by atoms with Crippen molar-refractivity contribution in [3.05, 3.63) is 69.5 Å². The van der Waals surface area contributed by atoms with Crippen molar-refractivity contribution in [3.8, 4) is 0 Å². The molecule has 8 nitrogen and oxygen atoms in total. The predicted octanol–water partition coefficient (Wildman–Crippen LogP) is 3.83. The van der Waals surface area contributed by atoms with Gasteiger partial charge in [0.1, 0.15) is 5.82 Å². The van der Waals surface area contributed by atoms with Gasteiger partial charge in [0.2, 0.25) is 21.1 Å². The standard InChI is InChI=1S/C21H23Cl2N5O3S2/c1-14-3-7-18(8-4-14)33(30,31)28(12-16-5-6-17(22)11-19(16)23)13-20(29)24-9-10-32-21-25-15(2)26-27-21/h3-8,11H,9-10,12-13H2,1-2H3,(H,24,29)(H,25,26,27). The Bertz CT molecular complexity index is 1220. The van der Waals surface area contributed by atoms with E-state index in [4.69, 9.17) is 23.2 Å². The van der Waals surface area contributed by atoms with Crippen LogP contribution in [0.3, 0.4) is 0 Å². The lowest BCUT2D eigenvalue weighted by Gasteiger charge is -2.22. The quantitative estimate of drug-likeness (QED) is 0.306. The van der Waals surface area contributed by atoms with Crippen LogP contribution >= 0.6 is 35.0 Å². The van der Waals surface area contributed by atoms with E-state index in [1.807, 2.05) is 6.92 Å². The molecule has 33 heavy (non-hydrogen) atoms. The van der Waals surface area contributed by atoms with Gasteiger partial charge in [0, 0.05) is 28.9 Å². The van der Waals surface area contributed by atoms with Crippen molar-refractivity contribution in [3.63, 3.8) is 0 Å². The second-order valence-electron chi connectivity index (χ2n) is 7.22. The van der Waals surface area contributed by atoms with Gasteiger partial charge in [-0.2, -0.15) is 4.31 Å². The Morgan fingerprint density at radius 3 is 2.52 bits per heavy atom. The number of benzene rings is 2.